The van der Waals surface area contributed by atoms with Crippen LogP contribution >= 0.6 is 11.3 Å². The molecule has 0 saturated carbocycles. The van der Waals surface area contributed by atoms with E-state index in [-0.39, 0.29) is 10.9 Å². The SMILES string of the molecule is FC(F)c1cc(C2CNCCN2)cs1. The molecule has 0 amide bonds. The third kappa shape index (κ3) is 2.10. The smallest absolute Gasteiger partial charge is 0.272 e. The third-order valence-electron chi connectivity index (χ3n) is 2.30. The summed E-state index contributed by atoms with van der Waals surface area (Å²) in [6.07, 6.45) is -2.34. The molecule has 0 aromatic carbocycles. The molecule has 1 aromatic heterocycles. The zero-order chi connectivity index (χ0) is 9.97. The van der Waals surface area contributed by atoms with E-state index in [1.54, 1.807) is 6.07 Å². The maximum atomic E-state index is 12.3. The van der Waals surface area contributed by atoms with Gasteiger partial charge in [-0.15, -0.1) is 11.3 Å². The van der Waals surface area contributed by atoms with Gasteiger partial charge < -0.3 is 10.6 Å². The number of thiophene rings is 1. The predicted molar refractivity (Wildman–Crippen MR) is 52.9 cm³/mol. The minimum atomic E-state index is -2.34. The Balaban J connectivity index is 2.07. The van der Waals surface area contributed by atoms with Crippen LogP contribution in [0.4, 0.5) is 8.78 Å². The topological polar surface area (TPSA) is 24.1 Å². The molecule has 78 valence electrons. The maximum Gasteiger partial charge on any atom is 0.272 e. The Labute approximate surface area is 85.3 Å². The Bertz CT molecular complexity index is 295. The second kappa shape index (κ2) is 4.33. The molecule has 1 aromatic rings. The van der Waals surface area contributed by atoms with Gasteiger partial charge in [-0.25, -0.2) is 8.78 Å². The van der Waals surface area contributed by atoms with Crippen LogP contribution in [0.1, 0.15) is 22.9 Å². The molecule has 1 saturated heterocycles. The van der Waals surface area contributed by atoms with E-state index < -0.39 is 6.43 Å². The van der Waals surface area contributed by atoms with Crippen LogP contribution < -0.4 is 10.6 Å². The Morgan fingerprint density at radius 2 is 2.29 bits per heavy atom. The van der Waals surface area contributed by atoms with E-state index in [0.717, 1.165) is 36.5 Å². The van der Waals surface area contributed by atoms with Crippen molar-refractivity contribution in [2.75, 3.05) is 19.6 Å². The van der Waals surface area contributed by atoms with E-state index in [4.69, 9.17) is 0 Å². The van der Waals surface area contributed by atoms with Gasteiger partial charge in [0.1, 0.15) is 0 Å². The molecule has 2 nitrogen and oxygen atoms in total. The van der Waals surface area contributed by atoms with E-state index in [9.17, 15) is 8.78 Å². The molecule has 0 aliphatic carbocycles. The second-order valence-electron chi connectivity index (χ2n) is 3.29. The van der Waals surface area contributed by atoms with Gasteiger partial charge in [0, 0.05) is 25.7 Å². The largest absolute Gasteiger partial charge is 0.314 e. The van der Waals surface area contributed by atoms with E-state index in [1.165, 1.54) is 0 Å². The molecule has 0 radical (unpaired) electrons. The number of hydrogen-bond acceptors (Lipinski definition) is 3. The van der Waals surface area contributed by atoms with Gasteiger partial charge >= 0.3 is 0 Å². The second-order valence-corrected chi connectivity index (χ2v) is 4.24. The van der Waals surface area contributed by atoms with Gasteiger partial charge in [0.15, 0.2) is 0 Å². The summed E-state index contributed by atoms with van der Waals surface area (Å²) in [6.45, 7) is 2.66. The average molecular weight is 218 g/mol. The lowest BCUT2D eigenvalue weighted by Gasteiger charge is -2.23. The molecule has 2 N–H and O–H groups in total. The van der Waals surface area contributed by atoms with Crippen molar-refractivity contribution < 1.29 is 8.78 Å². The number of piperazine rings is 1. The summed E-state index contributed by atoms with van der Waals surface area (Å²) in [7, 11) is 0. The summed E-state index contributed by atoms with van der Waals surface area (Å²) in [6, 6.07) is 1.78. The first-order valence-corrected chi connectivity index (χ1v) is 5.46. The van der Waals surface area contributed by atoms with Gasteiger partial charge in [0.2, 0.25) is 0 Å². The summed E-state index contributed by atoms with van der Waals surface area (Å²) in [4.78, 5) is 0.160. The molecule has 2 heterocycles. The van der Waals surface area contributed by atoms with Crippen LogP contribution in [-0.4, -0.2) is 19.6 Å². The predicted octanol–water partition coefficient (Wildman–Crippen LogP) is 1.92. The van der Waals surface area contributed by atoms with E-state index >= 15 is 0 Å². The molecule has 0 bridgehead atoms. The van der Waals surface area contributed by atoms with Gasteiger partial charge in [-0.3, -0.25) is 0 Å². The van der Waals surface area contributed by atoms with Crippen molar-refractivity contribution in [2.45, 2.75) is 12.5 Å². The Morgan fingerprint density at radius 3 is 2.86 bits per heavy atom. The normalized spacial score (nSPS) is 22.9. The van der Waals surface area contributed by atoms with Crippen molar-refractivity contribution in [2.24, 2.45) is 0 Å². The standard InChI is InChI=1S/C9H12F2N2S/c10-9(11)8-3-6(5-14-8)7-4-12-1-2-13-7/h3,5,7,9,12-13H,1-2,4H2. The summed E-state index contributed by atoms with van der Waals surface area (Å²) < 4.78 is 24.6. The third-order valence-corrected chi connectivity index (χ3v) is 3.26. The number of nitrogens with one attached hydrogen (secondary N) is 2. The van der Waals surface area contributed by atoms with E-state index in [2.05, 4.69) is 10.6 Å². The molecule has 1 aliphatic heterocycles. The minimum Gasteiger partial charge on any atom is -0.314 e. The Morgan fingerprint density at radius 1 is 1.43 bits per heavy atom. The lowest BCUT2D eigenvalue weighted by atomic mass is 10.1. The highest BCUT2D eigenvalue weighted by Gasteiger charge is 2.18. The summed E-state index contributed by atoms with van der Waals surface area (Å²) in [5.74, 6) is 0. The first kappa shape index (κ1) is 10.0. The van der Waals surface area contributed by atoms with E-state index in [1.807, 2.05) is 5.38 Å². The quantitative estimate of drug-likeness (QED) is 0.792. The monoisotopic (exact) mass is 218 g/mol. The molecular formula is C9H12F2N2S. The lowest BCUT2D eigenvalue weighted by molar-refractivity contribution is 0.155. The summed E-state index contributed by atoms with van der Waals surface area (Å²) >= 11 is 1.13. The lowest BCUT2D eigenvalue weighted by Crippen LogP contribution is -2.42. The first-order valence-electron chi connectivity index (χ1n) is 4.58. The highest BCUT2D eigenvalue weighted by atomic mass is 32.1. The fourth-order valence-electron chi connectivity index (χ4n) is 1.55. The molecule has 1 unspecified atom stereocenters. The zero-order valence-corrected chi connectivity index (χ0v) is 8.41. The minimum absolute atomic E-state index is 0.160. The number of rotatable bonds is 2. The average Bonchev–Trinajstić information content (AvgIpc) is 2.68. The van der Waals surface area contributed by atoms with Gasteiger partial charge in [-0.1, -0.05) is 0 Å². The molecule has 2 rings (SSSR count). The van der Waals surface area contributed by atoms with Crippen LogP contribution in [0.25, 0.3) is 0 Å². The van der Waals surface area contributed by atoms with Crippen LogP contribution in [0.3, 0.4) is 0 Å². The molecule has 1 aliphatic rings. The van der Waals surface area contributed by atoms with Crippen molar-refractivity contribution in [3.05, 3.63) is 21.9 Å². The van der Waals surface area contributed by atoms with Crippen LogP contribution in [0, 0.1) is 0 Å². The van der Waals surface area contributed by atoms with Gasteiger partial charge in [0.05, 0.1) is 4.88 Å². The fraction of sp³-hybridized carbons (Fsp3) is 0.556. The molecule has 5 heteroatoms. The fourth-order valence-corrected chi connectivity index (χ4v) is 2.37. The van der Waals surface area contributed by atoms with E-state index in [0.29, 0.717) is 0 Å². The summed E-state index contributed by atoms with van der Waals surface area (Å²) in [5, 5.41) is 8.32. The van der Waals surface area contributed by atoms with Gasteiger partial charge in [-0.2, -0.15) is 0 Å². The van der Waals surface area contributed by atoms with Crippen molar-refractivity contribution in [3.63, 3.8) is 0 Å². The molecule has 14 heavy (non-hydrogen) atoms. The molecule has 1 atom stereocenters. The van der Waals surface area contributed by atoms with Crippen LogP contribution in [0.15, 0.2) is 11.4 Å². The zero-order valence-electron chi connectivity index (χ0n) is 7.59. The summed E-state index contributed by atoms with van der Waals surface area (Å²) in [5.41, 5.74) is 0.970. The number of alkyl halides is 2. The molecule has 0 spiro atoms. The first-order chi connectivity index (χ1) is 6.77. The van der Waals surface area contributed by atoms with Crippen molar-refractivity contribution >= 4 is 11.3 Å². The van der Waals surface area contributed by atoms with Crippen molar-refractivity contribution in [3.8, 4) is 0 Å². The molecule has 1 fully saturated rings. The van der Waals surface area contributed by atoms with Crippen LogP contribution in [0.2, 0.25) is 0 Å². The highest BCUT2D eigenvalue weighted by molar-refractivity contribution is 7.10. The van der Waals surface area contributed by atoms with Gasteiger partial charge in [-0.05, 0) is 17.0 Å². The Hall–Kier alpha value is -0.520. The van der Waals surface area contributed by atoms with Gasteiger partial charge in [0.25, 0.3) is 6.43 Å². The maximum absolute atomic E-state index is 12.3. The number of hydrogen-bond donors (Lipinski definition) is 2. The van der Waals surface area contributed by atoms with Crippen LogP contribution in [0.5, 0.6) is 0 Å². The van der Waals surface area contributed by atoms with Crippen LogP contribution in [-0.2, 0) is 0 Å². The highest BCUT2D eigenvalue weighted by Crippen LogP contribution is 2.28. The Kier molecular flexibility index (Phi) is 3.10. The van der Waals surface area contributed by atoms with Crippen molar-refractivity contribution in [1.29, 1.82) is 0 Å². The van der Waals surface area contributed by atoms with Crippen molar-refractivity contribution in [1.82, 2.24) is 10.6 Å². The molecular weight excluding hydrogens is 206 g/mol. The number of halogens is 2.